The Morgan fingerprint density at radius 3 is 2.70 bits per heavy atom. The minimum Gasteiger partial charge on any atom is -0.505 e. The molecule has 0 saturated heterocycles. The molecule has 1 aliphatic rings. The van der Waals surface area contributed by atoms with Gasteiger partial charge in [0.1, 0.15) is 23.1 Å². The molecule has 0 aliphatic carbocycles. The number of rotatable bonds is 0. The average molecular weight is 453 g/mol. The maximum Gasteiger partial charge on any atom is 0.338 e. The zero-order valence-corrected chi connectivity index (χ0v) is 16.4. The van der Waals surface area contributed by atoms with Crippen molar-refractivity contribution in [3.05, 3.63) is 70.4 Å². The Kier molecular flexibility index (Phi) is 4.83. The van der Waals surface area contributed by atoms with E-state index in [1.54, 1.807) is 0 Å². The number of sulfonamides is 1. The lowest BCUT2D eigenvalue weighted by Crippen LogP contribution is -2.15. The van der Waals surface area contributed by atoms with Gasteiger partial charge in [0, 0.05) is 23.4 Å². The molecule has 0 amide bonds. The molecule has 0 saturated carbocycles. The van der Waals surface area contributed by atoms with E-state index in [1.807, 2.05) is 4.72 Å². The van der Waals surface area contributed by atoms with E-state index >= 15 is 0 Å². The molecule has 2 aromatic carbocycles. The van der Waals surface area contributed by atoms with E-state index in [9.17, 15) is 27.1 Å². The predicted octanol–water partition coefficient (Wildman–Crippen LogP) is 3.86. The van der Waals surface area contributed by atoms with Gasteiger partial charge < -0.3 is 9.84 Å². The van der Waals surface area contributed by atoms with Crippen molar-refractivity contribution in [2.75, 3.05) is 4.72 Å². The number of hydrogen-bond donors (Lipinski definition) is 2. The summed E-state index contributed by atoms with van der Waals surface area (Å²) in [5.74, 6) is -3.98. The van der Waals surface area contributed by atoms with Crippen LogP contribution in [0.15, 0.2) is 47.5 Å². The average Bonchev–Trinajstić information content (AvgIpc) is 2.70. The first-order chi connectivity index (χ1) is 14.2. The Morgan fingerprint density at radius 2 is 1.93 bits per heavy atom. The van der Waals surface area contributed by atoms with Crippen LogP contribution in [-0.4, -0.2) is 24.5 Å². The van der Waals surface area contributed by atoms with E-state index < -0.39 is 49.0 Å². The summed E-state index contributed by atoms with van der Waals surface area (Å²) in [5, 5.41) is 9.67. The molecule has 4 rings (SSSR count). The summed E-state index contributed by atoms with van der Waals surface area (Å²) >= 11 is 5.87. The molecule has 0 atom stereocenters. The number of phenols is 1. The molecule has 154 valence electrons. The number of cyclic esters (lactones) is 1. The fourth-order valence-electron chi connectivity index (χ4n) is 2.93. The van der Waals surface area contributed by atoms with E-state index in [0.29, 0.717) is 11.6 Å². The number of phenolic OH excluding ortho intramolecular Hbond substituents is 1. The van der Waals surface area contributed by atoms with Gasteiger partial charge in [-0.2, -0.15) is 0 Å². The standard InChI is InChI=1S/C19H11ClF2N2O5S/c20-12-4-10-5-16(18(12)25)30(27,28)24-15-6-11(13(21)7-14(15)22)17-9(2-1-3-23-17)8-29-19(10)26/h1-7,24-25H,8H2. The topological polar surface area (TPSA) is 106 Å². The fraction of sp³-hybridized carbons (Fsp3) is 0.0526. The summed E-state index contributed by atoms with van der Waals surface area (Å²) in [6, 6.07) is 6.36. The van der Waals surface area contributed by atoms with Crippen LogP contribution in [0, 0.1) is 11.6 Å². The summed E-state index contributed by atoms with van der Waals surface area (Å²) in [6.45, 7) is -0.331. The number of aromatic hydroxyl groups is 1. The predicted molar refractivity (Wildman–Crippen MR) is 103 cm³/mol. The van der Waals surface area contributed by atoms with Crippen molar-refractivity contribution in [2.24, 2.45) is 0 Å². The Morgan fingerprint density at radius 1 is 1.17 bits per heavy atom. The Hall–Kier alpha value is -3.24. The summed E-state index contributed by atoms with van der Waals surface area (Å²) in [6.07, 6.45) is 1.35. The molecule has 4 bridgehead atoms. The molecule has 0 spiro atoms. The smallest absolute Gasteiger partial charge is 0.338 e. The normalized spacial score (nSPS) is 15.0. The van der Waals surface area contributed by atoms with Crippen LogP contribution in [0.2, 0.25) is 5.02 Å². The van der Waals surface area contributed by atoms with E-state index in [-0.39, 0.29) is 23.4 Å². The summed E-state index contributed by atoms with van der Waals surface area (Å²) < 4.78 is 61.5. The molecule has 0 unspecified atom stereocenters. The lowest BCUT2D eigenvalue weighted by atomic mass is 10.0. The largest absolute Gasteiger partial charge is 0.505 e. The highest BCUT2D eigenvalue weighted by atomic mass is 35.5. The Bertz CT molecular complexity index is 1310. The number of nitrogens with one attached hydrogen (secondary N) is 1. The Labute approximate surface area is 174 Å². The van der Waals surface area contributed by atoms with E-state index in [0.717, 1.165) is 18.2 Å². The highest BCUT2D eigenvalue weighted by molar-refractivity contribution is 7.92. The molecule has 1 aromatic heterocycles. The fourth-order valence-corrected chi connectivity index (χ4v) is 4.41. The number of benzene rings is 2. The van der Waals surface area contributed by atoms with Crippen LogP contribution < -0.4 is 4.72 Å². The first kappa shape index (κ1) is 20.0. The first-order valence-corrected chi connectivity index (χ1v) is 10.2. The highest BCUT2D eigenvalue weighted by Gasteiger charge is 2.27. The van der Waals surface area contributed by atoms with Crippen LogP contribution in [0.3, 0.4) is 0 Å². The number of hydrogen-bond acceptors (Lipinski definition) is 6. The number of anilines is 1. The van der Waals surface area contributed by atoms with Crippen molar-refractivity contribution in [2.45, 2.75) is 11.5 Å². The highest BCUT2D eigenvalue weighted by Crippen LogP contribution is 2.36. The quantitative estimate of drug-likeness (QED) is 0.502. The zero-order valence-electron chi connectivity index (χ0n) is 14.8. The van der Waals surface area contributed by atoms with Crippen LogP contribution in [0.25, 0.3) is 11.3 Å². The molecule has 0 radical (unpaired) electrons. The summed E-state index contributed by atoms with van der Waals surface area (Å²) in [7, 11) is -4.62. The maximum absolute atomic E-state index is 14.5. The van der Waals surface area contributed by atoms with E-state index in [2.05, 4.69) is 4.98 Å². The van der Waals surface area contributed by atoms with Crippen LogP contribution in [0.4, 0.5) is 14.5 Å². The van der Waals surface area contributed by atoms with Crippen LogP contribution in [-0.2, 0) is 21.4 Å². The molecule has 1 aliphatic heterocycles. The van der Waals surface area contributed by atoms with Gasteiger partial charge in [-0.1, -0.05) is 17.7 Å². The molecule has 2 heterocycles. The first-order valence-electron chi connectivity index (χ1n) is 8.33. The van der Waals surface area contributed by atoms with E-state index in [1.165, 1.54) is 18.3 Å². The molecule has 0 fully saturated rings. The third-order valence-corrected chi connectivity index (χ3v) is 6.03. The minimum absolute atomic E-state index is 0.0371. The number of carbonyl (C=O) groups is 1. The minimum atomic E-state index is -4.62. The zero-order chi connectivity index (χ0) is 21.6. The van der Waals surface area contributed by atoms with Gasteiger partial charge in [0.2, 0.25) is 0 Å². The van der Waals surface area contributed by atoms with Crippen molar-refractivity contribution >= 4 is 33.3 Å². The monoisotopic (exact) mass is 452 g/mol. The van der Waals surface area contributed by atoms with Crippen LogP contribution in [0.1, 0.15) is 15.9 Å². The second-order valence-corrected chi connectivity index (χ2v) is 8.37. The van der Waals surface area contributed by atoms with Crippen molar-refractivity contribution < 1.29 is 31.8 Å². The van der Waals surface area contributed by atoms with Crippen molar-refractivity contribution in [1.82, 2.24) is 4.98 Å². The number of halogens is 3. The lowest BCUT2D eigenvalue weighted by molar-refractivity contribution is 0.0472. The van der Waals surface area contributed by atoms with Crippen molar-refractivity contribution in [3.8, 4) is 17.0 Å². The van der Waals surface area contributed by atoms with Gasteiger partial charge in [0.05, 0.1) is 22.0 Å². The molecule has 2 N–H and O–H groups in total. The van der Waals surface area contributed by atoms with Gasteiger partial charge in [-0.3, -0.25) is 9.71 Å². The number of esters is 1. The Balaban J connectivity index is 2.01. The van der Waals surface area contributed by atoms with Gasteiger partial charge >= 0.3 is 5.97 Å². The molecule has 7 nitrogen and oxygen atoms in total. The second-order valence-electron chi connectivity index (χ2n) is 6.31. The summed E-state index contributed by atoms with van der Waals surface area (Å²) in [5.41, 5.74) is -0.727. The third-order valence-electron chi connectivity index (χ3n) is 4.36. The number of ether oxygens (including phenoxy) is 1. The SMILES string of the molecule is O=C1OCc2cccnc2-c2cc(c(F)cc2F)NS(=O)(=O)c2cc1cc(Cl)c2O. The third kappa shape index (κ3) is 3.44. The number of nitrogens with zero attached hydrogens (tertiary/aromatic N) is 1. The van der Waals surface area contributed by atoms with Gasteiger partial charge in [-0.25, -0.2) is 22.0 Å². The van der Waals surface area contributed by atoms with E-state index in [4.69, 9.17) is 16.3 Å². The molecule has 11 heteroatoms. The van der Waals surface area contributed by atoms with Crippen molar-refractivity contribution in [1.29, 1.82) is 0 Å². The van der Waals surface area contributed by atoms with Crippen molar-refractivity contribution in [3.63, 3.8) is 0 Å². The summed E-state index contributed by atoms with van der Waals surface area (Å²) in [4.78, 5) is 15.7. The number of carbonyl (C=O) groups excluding carboxylic acids is 1. The number of pyridine rings is 1. The van der Waals surface area contributed by atoms with Crippen LogP contribution >= 0.6 is 11.6 Å². The second kappa shape index (κ2) is 7.22. The van der Waals surface area contributed by atoms with Gasteiger partial charge in [0.25, 0.3) is 10.0 Å². The van der Waals surface area contributed by atoms with Gasteiger partial charge in [-0.05, 0) is 24.3 Å². The molecule has 30 heavy (non-hydrogen) atoms. The van der Waals surface area contributed by atoms with Crippen LogP contribution in [0.5, 0.6) is 5.75 Å². The number of aromatic nitrogens is 1. The molecule has 3 aromatic rings. The maximum atomic E-state index is 14.5. The molecular formula is C19H11ClF2N2O5S. The van der Waals surface area contributed by atoms with Gasteiger partial charge in [-0.15, -0.1) is 0 Å². The number of fused-ring (bicyclic) bond motifs is 6. The molecular weight excluding hydrogens is 442 g/mol. The lowest BCUT2D eigenvalue weighted by Gasteiger charge is -2.13. The van der Waals surface area contributed by atoms with Gasteiger partial charge in [0.15, 0.2) is 5.75 Å².